The van der Waals surface area contributed by atoms with Crippen molar-refractivity contribution >= 4 is 17.5 Å². The van der Waals surface area contributed by atoms with Gasteiger partial charge >= 0.3 is 5.97 Å². The number of hydrogen-bond donors (Lipinski definition) is 0. The lowest BCUT2D eigenvalue weighted by Gasteiger charge is -2.00. The van der Waals surface area contributed by atoms with Crippen LogP contribution in [0.1, 0.15) is 35.9 Å². The Kier molecular flexibility index (Phi) is 4.39. The Balaban J connectivity index is 2.19. The van der Waals surface area contributed by atoms with E-state index in [-0.39, 0.29) is 5.97 Å². The Hall–Kier alpha value is -0.970. The first-order valence-corrected chi connectivity index (χ1v) is 5.06. The minimum Gasteiger partial charge on any atom is -0.461 e. The van der Waals surface area contributed by atoms with Gasteiger partial charge < -0.3 is 4.74 Å². The molecule has 0 aliphatic carbocycles. The molecule has 0 atom stereocenters. The summed E-state index contributed by atoms with van der Waals surface area (Å²) in [4.78, 5) is 11.6. The van der Waals surface area contributed by atoms with Crippen LogP contribution in [0.15, 0.2) is 6.20 Å². The van der Waals surface area contributed by atoms with E-state index >= 15 is 0 Å². The van der Waals surface area contributed by atoms with Crippen molar-refractivity contribution in [1.29, 1.82) is 0 Å². The molecule has 0 N–H and O–H groups in total. The summed E-state index contributed by atoms with van der Waals surface area (Å²) >= 11 is 1.06. The minimum absolute atomic E-state index is 0.314. The van der Waals surface area contributed by atoms with Crippen LogP contribution in [0.2, 0.25) is 0 Å². The number of carbonyl (C=O) groups is 1. The van der Waals surface area contributed by atoms with Crippen molar-refractivity contribution in [2.45, 2.75) is 26.2 Å². The Morgan fingerprint density at radius 3 is 3.08 bits per heavy atom. The fourth-order valence-corrected chi connectivity index (χ4v) is 1.26. The van der Waals surface area contributed by atoms with Gasteiger partial charge in [-0.3, -0.25) is 0 Å². The lowest BCUT2D eigenvalue weighted by Crippen LogP contribution is -2.04. The van der Waals surface area contributed by atoms with E-state index in [0.29, 0.717) is 11.5 Å². The first kappa shape index (κ1) is 10.1. The van der Waals surface area contributed by atoms with E-state index in [1.54, 1.807) is 0 Å². The molecule has 0 saturated carbocycles. The van der Waals surface area contributed by atoms with Crippen LogP contribution in [-0.2, 0) is 4.74 Å². The molecule has 1 aromatic heterocycles. The second-order valence-corrected chi connectivity index (χ2v) is 3.41. The summed E-state index contributed by atoms with van der Waals surface area (Å²) in [7, 11) is 0. The van der Waals surface area contributed by atoms with E-state index in [4.69, 9.17) is 4.74 Å². The summed E-state index contributed by atoms with van der Waals surface area (Å²) in [5, 5.41) is 3.56. The number of rotatable bonds is 5. The molecular weight excluding hydrogens is 188 g/mol. The minimum atomic E-state index is -0.314. The zero-order valence-electron chi connectivity index (χ0n) is 7.52. The van der Waals surface area contributed by atoms with E-state index in [1.807, 2.05) is 0 Å². The van der Waals surface area contributed by atoms with Gasteiger partial charge in [0.15, 0.2) is 4.88 Å². The lowest BCUT2D eigenvalue weighted by molar-refractivity contribution is 0.0503. The number of unbranched alkanes of at least 4 members (excludes halogenated alkanes) is 2. The molecule has 0 fully saturated rings. The van der Waals surface area contributed by atoms with Crippen molar-refractivity contribution in [1.82, 2.24) is 9.59 Å². The molecule has 5 heteroatoms. The second-order valence-electron chi connectivity index (χ2n) is 2.62. The molecule has 0 radical (unpaired) electrons. The van der Waals surface area contributed by atoms with Crippen molar-refractivity contribution in [2.24, 2.45) is 0 Å². The largest absolute Gasteiger partial charge is 0.461 e. The predicted octanol–water partition coefficient (Wildman–Crippen LogP) is 1.89. The first-order chi connectivity index (χ1) is 6.34. The van der Waals surface area contributed by atoms with E-state index in [0.717, 1.165) is 30.8 Å². The highest BCUT2D eigenvalue weighted by atomic mass is 32.1. The van der Waals surface area contributed by atoms with Crippen LogP contribution in [0.3, 0.4) is 0 Å². The number of hydrogen-bond acceptors (Lipinski definition) is 5. The van der Waals surface area contributed by atoms with Gasteiger partial charge in [0.1, 0.15) is 0 Å². The molecular formula is C8H12N2O2S. The quantitative estimate of drug-likeness (QED) is 0.538. The summed E-state index contributed by atoms with van der Waals surface area (Å²) in [6.45, 7) is 2.60. The number of aromatic nitrogens is 2. The van der Waals surface area contributed by atoms with Gasteiger partial charge in [-0.15, -0.1) is 5.10 Å². The fourth-order valence-electron chi connectivity index (χ4n) is 0.845. The van der Waals surface area contributed by atoms with Crippen molar-refractivity contribution < 1.29 is 9.53 Å². The zero-order valence-corrected chi connectivity index (χ0v) is 8.34. The maximum atomic E-state index is 11.2. The number of ether oxygens (including phenoxy) is 1. The smallest absolute Gasteiger partial charge is 0.351 e. The molecule has 0 saturated heterocycles. The maximum absolute atomic E-state index is 11.2. The van der Waals surface area contributed by atoms with E-state index in [9.17, 15) is 4.79 Å². The number of esters is 1. The van der Waals surface area contributed by atoms with Gasteiger partial charge in [-0.2, -0.15) is 0 Å². The van der Waals surface area contributed by atoms with Crippen LogP contribution in [0.4, 0.5) is 0 Å². The Labute approximate surface area is 81.1 Å². The average molecular weight is 200 g/mol. The van der Waals surface area contributed by atoms with Crippen LogP contribution < -0.4 is 0 Å². The van der Waals surface area contributed by atoms with Crippen LogP contribution >= 0.6 is 11.5 Å². The zero-order chi connectivity index (χ0) is 9.52. The maximum Gasteiger partial charge on any atom is 0.351 e. The summed E-state index contributed by atoms with van der Waals surface area (Å²) in [5.41, 5.74) is 0. The average Bonchev–Trinajstić information content (AvgIpc) is 2.65. The van der Waals surface area contributed by atoms with Gasteiger partial charge in [0.2, 0.25) is 0 Å². The van der Waals surface area contributed by atoms with Gasteiger partial charge in [0.05, 0.1) is 12.8 Å². The Morgan fingerprint density at radius 2 is 2.46 bits per heavy atom. The van der Waals surface area contributed by atoms with Crippen LogP contribution in [0.5, 0.6) is 0 Å². The molecule has 1 heterocycles. The van der Waals surface area contributed by atoms with Crippen molar-refractivity contribution in [2.75, 3.05) is 6.61 Å². The fraction of sp³-hybridized carbons (Fsp3) is 0.625. The van der Waals surface area contributed by atoms with Gasteiger partial charge in [-0.25, -0.2) is 4.79 Å². The molecule has 0 amide bonds. The molecule has 0 aliphatic heterocycles. The van der Waals surface area contributed by atoms with Crippen molar-refractivity contribution in [3.8, 4) is 0 Å². The molecule has 0 aromatic carbocycles. The molecule has 0 bridgehead atoms. The van der Waals surface area contributed by atoms with E-state index < -0.39 is 0 Å². The number of carbonyl (C=O) groups excluding carboxylic acids is 1. The number of nitrogens with zero attached hydrogens (tertiary/aromatic N) is 2. The molecule has 1 aromatic rings. The predicted molar refractivity (Wildman–Crippen MR) is 49.7 cm³/mol. The first-order valence-electron chi connectivity index (χ1n) is 4.29. The standard InChI is InChI=1S/C8H12N2O2S/c1-2-3-4-5-12-8(11)7-6-9-10-13-7/h6H,2-5H2,1H3. The van der Waals surface area contributed by atoms with E-state index in [2.05, 4.69) is 16.5 Å². The van der Waals surface area contributed by atoms with Gasteiger partial charge in [0, 0.05) is 0 Å². The molecule has 0 aliphatic rings. The molecule has 0 spiro atoms. The highest BCUT2D eigenvalue weighted by Crippen LogP contribution is 2.05. The Bertz CT molecular complexity index is 249. The van der Waals surface area contributed by atoms with Crippen LogP contribution in [0.25, 0.3) is 0 Å². The lowest BCUT2D eigenvalue weighted by atomic mass is 10.3. The summed E-state index contributed by atoms with van der Waals surface area (Å²) in [6.07, 6.45) is 4.56. The van der Waals surface area contributed by atoms with E-state index in [1.165, 1.54) is 6.20 Å². The topological polar surface area (TPSA) is 52.1 Å². The van der Waals surface area contributed by atoms with Crippen LogP contribution in [-0.4, -0.2) is 22.2 Å². The molecule has 13 heavy (non-hydrogen) atoms. The SMILES string of the molecule is CCCCCOC(=O)c1cnns1. The van der Waals surface area contributed by atoms with Crippen molar-refractivity contribution in [3.05, 3.63) is 11.1 Å². The van der Waals surface area contributed by atoms with Gasteiger partial charge in [-0.1, -0.05) is 24.3 Å². The third kappa shape index (κ3) is 3.50. The summed E-state index contributed by atoms with van der Waals surface area (Å²) < 4.78 is 8.56. The van der Waals surface area contributed by atoms with Gasteiger partial charge in [-0.05, 0) is 18.0 Å². The Morgan fingerprint density at radius 1 is 1.62 bits per heavy atom. The third-order valence-electron chi connectivity index (χ3n) is 1.54. The molecule has 0 unspecified atom stereocenters. The summed E-state index contributed by atoms with van der Waals surface area (Å²) in [6, 6.07) is 0. The third-order valence-corrected chi connectivity index (χ3v) is 2.19. The highest BCUT2D eigenvalue weighted by Gasteiger charge is 2.08. The van der Waals surface area contributed by atoms with Crippen molar-refractivity contribution in [3.63, 3.8) is 0 Å². The molecule has 72 valence electrons. The second kappa shape index (κ2) is 5.64. The monoisotopic (exact) mass is 200 g/mol. The van der Waals surface area contributed by atoms with Gasteiger partial charge in [0.25, 0.3) is 0 Å². The molecule has 4 nitrogen and oxygen atoms in total. The normalized spacial score (nSPS) is 9.92. The summed E-state index contributed by atoms with van der Waals surface area (Å²) in [5.74, 6) is -0.314. The molecule has 1 rings (SSSR count). The van der Waals surface area contributed by atoms with Crippen LogP contribution in [0, 0.1) is 0 Å². The highest BCUT2D eigenvalue weighted by molar-refractivity contribution is 7.07.